The average Bonchev–Trinajstić information content (AvgIpc) is 2.49. The van der Waals surface area contributed by atoms with Crippen molar-refractivity contribution in [2.24, 2.45) is 0 Å². The lowest BCUT2D eigenvalue weighted by atomic mass is 10.7. The van der Waals surface area contributed by atoms with Crippen molar-refractivity contribution in [2.45, 2.75) is 11.9 Å². The van der Waals surface area contributed by atoms with Gasteiger partial charge in [0.25, 0.3) is 10.0 Å². The van der Waals surface area contributed by atoms with Crippen LogP contribution in [0.15, 0.2) is 22.8 Å². The second-order valence-electron chi connectivity index (χ2n) is 2.67. The fraction of sp³-hybridized carbons (Fsp3) is 0.286. The van der Waals surface area contributed by atoms with E-state index in [1.54, 1.807) is 6.92 Å². The first-order valence-electron chi connectivity index (χ1n) is 3.76. The van der Waals surface area contributed by atoms with E-state index in [1.165, 1.54) is 6.20 Å². The first-order valence-corrected chi connectivity index (χ1v) is 5.62. The standard InChI is InChI=1S/C7H10ClN3O2S/c1-5(8)3-10-14(12,13)7-4-9-6(2)11-7/h4,10H,1,3H2,2H3,(H,9,11). The van der Waals surface area contributed by atoms with E-state index in [1.807, 2.05) is 0 Å². The summed E-state index contributed by atoms with van der Waals surface area (Å²) in [5, 5.41) is 0.248. The summed E-state index contributed by atoms with van der Waals surface area (Å²) in [6.07, 6.45) is 1.24. The largest absolute Gasteiger partial charge is 0.332 e. The summed E-state index contributed by atoms with van der Waals surface area (Å²) in [6.45, 7) is 5.04. The van der Waals surface area contributed by atoms with Gasteiger partial charge in [0, 0.05) is 11.6 Å². The summed E-state index contributed by atoms with van der Waals surface area (Å²) in [4.78, 5) is 6.39. The lowest BCUT2D eigenvalue weighted by molar-refractivity contribution is 0.582. The zero-order valence-electron chi connectivity index (χ0n) is 7.54. The monoisotopic (exact) mass is 235 g/mol. The average molecular weight is 236 g/mol. The number of sulfonamides is 1. The molecular weight excluding hydrogens is 226 g/mol. The van der Waals surface area contributed by atoms with E-state index in [-0.39, 0.29) is 16.6 Å². The van der Waals surface area contributed by atoms with Gasteiger partial charge in [-0.15, -0.1) is 0 Å². The number of hydrogen-bond donors (Lipinski definition) is 2. The first kappa shape index (κ1) is 11.2. The van der Waals surface area contributed by atoms with Gasteiger partial charge in [0.15, 0.2) is 5.03 Å². The van der Waals surface area contributed by atoms with Gasteiger partial charge in [-0.05, 0) is 6.92 Å². The minimum atomic E-state index is -3.55. The lowest BCUT2D eigenvalue weighted by Crippen LogP contribution is -2.25. The fourth-order valence-corrected chi connectivity index (χ4v) is 1.93. The number of nitrogens with zero attached hydrogens (tertiary/aromatic N) is 1. The number of hydrogen-bond acceptors (Lipinski definition) is 3. The number of aromatic amines is 1. The van der Waals surface area contributed by atoms with Gasteiger partial charge in [0.05, 0.1) is 6.20 Å². The minimum absolute atomic E-state index is 0.00194. The Morgan fingerprint density at radius 3 is 2.86 bits per heavy atom. The molecule has 0 bridgehead atoms. The van der Waals surface area contributed by atoms with Crippen molar-refractivity contribution in [3.8, 4) is 0 Å². The number of imidazole rings is 1. The molecule has 0 aliphatic heterocycles. The smallest absolute Gasteiger partial charge is 0.257 e. The van der Waals surface area contributed by atoms with Crippen molar-refractivity contribution in [1.29, 1.82) is 0 Å². The molecule has 1 aromatic heterocycles. The molecule has 0 amide bonds. The number of rotatable bonds is 4. The number of nitrogens with one attached hydrogen (secondary N) is 2. The molecule has 0 atom stereocenters. The predicted molar refractivity (Wildman–Crippen MR) is 53.5 cm³/mol. The highest BCUT2D eigenvalue weighted by Crippen LogP contribution is 2.05. The van der Waals surface area contributed by atoms with Crippen LogP contribution in [0.1, 0.15) is 5.82 Å². The molecule has 78 valence electrons. The molecule has 1 heterocycles. The Hall–Kier alpha value is -0.850. The zero-order valence-corrected chi connectivity index (χ0v) is 9.11. The maximum Gasteiger partial charge on any atom is 0.257 e. The van der Waals surface area contributed by atoms with Crippen LogP contribution in [0.25, 0.3) is 0 Å². The normalized spacial score (nSPS) is 11.6. The van der Waals surface area contributed by atoms with Crippen LogP contribution in [0.2, 0.25) is 0 Å². The van der Waals surface area contributed by atoms with Crippen LogP contribution in [-0.4, -0.2) is 24.9 Å². The van der Waals surface area contributed by atoms with E-state index in [0.29, 0.717) is 5.82 Å². The number of aromatic nitrogens is 2. The molecule has 0 unspecified atom stereocenters. The number of halogens is 1. The van der Waals surface area contributed by atoms with Gasteiger partial charge < -0.3 is 4.98 Å². The molecule has 5 nitrogen and oxygen atoms in total. The van der Waals surface area contributed by atoms with Crippen molar-refractivity contribution >= 4 is 21.6 Å². The van der Waals surface area contributed by atoms with E-state index >= 15 is 0 Å². The van der Waals surface area contributed by atoms with E-state index in [2.05, 4.69) is 21.3 Å². The van der Waals surface area contributed by atoms with Crippen LogP contribution in [0.3, 0.4) is 0 Å². The predicted octanol–water partition coefficient (Wildman–Crippen LogP) is 0.749. The first-order chi connectivity index (χ1) is 6.42. The SMILES string of the molecule is C=C(Cl)CNS(=O)(=O)c1cnc(C)[nH]1. The molecule has 1 aromatic rings. The fourth-order valence-electron chi connectivity index (χ4n) is 0.786. The molecule has 7 heteroatoms. The molecular formula is C7H10ClN3O2S. The molecule has 1 rings (SSSR count). The summed E-state index contributed by atoms with van der Waals surface area (Å²) in [7, 11) is -3.55. The van der Waals surface area contributed by atoms with Crippen molar-refractivity contribution < 1.29 is 8.42 Å². The van der Waals surface area contributed by atoms with E-state index in [9.17, 15) is 8.42 Å². The minimum Gasteiger partial charge on any atom is -0.332 e. The summed E-state index contributed by atoms with van der Waals surface area (Å²) >= 11 is 5.43. The Labute approximate surface area is 87.2 Å². The van der Waals surface area contributed by atoms with Crippen LogP contribution in [0.5, 0.6) is 0 Å². The van der Waals surface area contributed by atoms with Crippen molar-refractivity contribution in [2.75, 3.05) is 6.54 Å². The highest BCUT2D eigenvalue weighted by molar-refractivity contribution is 7.89. The quantitative estimate of drug-likeness (QED) is 0.809. The Bertz CT molecular complexity index is 438. The van der Waals surface area contributed by atoms with Crippen molar-refractivity contribution in [3.63, 3.8) is 0 Å². The third-order valence-electron chi connectivity index (χ3n) is 1.42. The van der Waals surface area contributed by atoms with Crippen molar-refractivity contribution in [1.82, 2.24) is 14.7 Å². The summed E-state index contributed by atoms with van der Waals surface area (Å²) in [5.74, 6) is 0.537. The van der Waals surface area contributed by atoms with Gasteiger partial charge in [-0.2, -0.15) is 0 Å². The Morgan fingerprint density at radius 1 is 1.79 bits per heavy atom. The van der Waals surface area contributed by atoms with Gasteiger partial charge in [0.2, 0.25) is 0 Å². The molecule has 14 heavy (non-hydrogen) atoms. The molecule has 0 aliphatic rings. The van der Waals surface area contributed by atoms with Gasteiger partial charge in [-0.1, -0.05) is 18.2 Å². The number of aryl methyl sites for hydroxylation is 1. The molecule has 0 spiro atoms. The molecule has 0 fully saturated rings. The Kier molecular flexibility index (Phi) is 3.30. The lowest BCUT2D eigenvalue weighted by Gasteiger charge is -2.02. The van der Waals surface area contributed by atoms with Crippen molar-refractivity contribution in [3.05, 3.63) is 23.6 Å². The van der Waals surface area contributed by atoms with E-state index in [0.717, 1.165) is 0 Å². The topological polar surface area (TPSA) is 74.8 Å². The molecule has 0 saturated heterocycles. The number of H-pyrrole nitrogens is 1. The third-order valence-corrected chi connectivity index (χ3v) is 2.87. The zero-order chi connectivity index (χ0) is 10.8. The van der Waals surface area contributed by atoms with Crippen LogP contribution in [0, 0.1) is 6.92 Å². The van der Waals surface area contributed by atoms with Crippen LogP contribution < -0.4 is 4.72 Å². The van der Waals surface area contributed by atoms with Crippen LogP contribution >= 0.6 is 11.6 Å². The highest BCUT2D eigenvalue weighted by atomic mass is 35.5. The Balaban J connectivity index is 2.81. The summed E-state index contributed by atoms with van der Waals surface area (Å²) in [5.41, 5.74) is 0. The molecule has 2 N–H and O–H groups in total. The van der Waals surface area contributed by atoms with E-state index < -0.39 is 10.0 Å². The highest BCUT2D eigenvalue weighted by Gasteiger charge is 2.15. The van der Waals surface area contributed by atoms with Gasteiger partial charge in [-0.3, -0.25) is 0 Å². The van der Waals surface area contributed by atoms with Gasteiger partial charge in [0.1, 0.15) is 5.82 Å². The molecule has 0 radical (unpaired) electrons. The molecule has 0 saturated carbocycles. The summed E-state index contributed by atoms with van der Waals surface area (Å²) < 4.78 is 25.2. The van der Waals surface area contributed by atoms with E-state index in [4.69, 9.17) is 11.6 Å². The maximum absolute atomic E-state index is 11.5. The van der Waals surface area contributed by atoms with Crippen LogP contribution in [-0.2, 0) is 10.0 Å². The summed E-state index contributed by atoms with van der Waals surface area (Å²) in [6, 6.07) is 0. The van der Waals surface area contributed by atoms with Gasteiger partial charge >= 0.3 is 0 Å². The van der Waals surface area contributed by atoms with Gasteiger partial charge in [-0.25, -0.2) is 18.1 Å². The second-order valence-corrected chi connectivity index (χ2v) is 4.94. The Morgan fingerprint density at radius 2 is 2.43 bits per heavy atom. The maximum atomic E-state index is 11.5. The third kappa shape index (κ3) is 2.83. The second kappa shape index (κ2) is 4.12. The van der Waals surface area contributed by atoms with Crippen LogP contribution in [0.4, 0.5) is 0 Å². The molecule has 0 aliphatic carbocycles. The molecule has 0 aromatic carbocycles.